The van der Waals surface area contributed by atoms with Crippen molar-refractivity contribution in [3.63, 3.8) is 0 Å². The predicted molar refractivity (Wildman–Crippen MR) is 221 cm³/mol. The van der Waals surface area contributed by atoms with Crippen LogP contribution in [0, 0.1) is 0 Å². The molecule has 0 spiro atoms. The van der Waals surface area contributed by atoms with E-state index in [1.54, 1.807) is 0 Å². The van der Waals surface area contributed by atoms with Crippen LogP contribution in [0.15, 0.2) is 0 Å². The zero-order valence-corrected chi connectivity index (χ0v) is 33.8. The molecule has 0 saturated carbocycles. The fourth-order valence-corrected chi connectivity index (χ4v) is 8.08. The molecule has 0 bridgehead atoms. The molecule has 0 aliphatic carbocycles. The minimum absolute atomic E-state index is 0.302. The largest absolute Gasteiger partial charge is 0.179 e. The van der Waals surface area contributed by atoms with E-state index in [2.05, 4.69) is 32.2 Å². The van der Waals surface area contributed by atoms with Crippen LogP contribution in [0.1, 0.15) is 251 Å². The Morgan fingerprint density at radius 1 is 0.267 bits per heavy atom. The minimum Gasteiger partial charge on any atom is -0.179 e. The second kappa shape index (κ2) is 39.5. The lowest BCUT2D eigenvalue weighted by Crippen LogP contribution is -2.21. The molecule has 0 radical (unpaired) electrons. The number of thiol groups is 3. The highest BCUT2D eigenvalue weighted by Crippen LogP contribution is 2.35. The van der Waals surface area contributed by atoms with Crippen molar-refractivity contribution in [3.05, 3.63) is 0 Å². The van der Waals surface area contributed by atoms with Crippen LogP contribution in [0.2, 0.25) is 0 Å². The van der Waals surface area contributed by atoms with Gasteiger partial charge in [0.25, 0.3) is 0 Å². The highest BCUT2D eigenvalue weighted by atomic mass is 32.1. The second-order valence-electron chi connectivity index (χ2n) is 14.9. The summed E-state index contributed by atoms with van der Waals surface area (Å²) in [5.74, 6) is 2.12. The third kappa shape index (κ3) is 37.7. The molecule has 0 aliphatic rings. The first kappa shape index (κ1) is 46.0. The van der Waals surface area contributed by atoms with Crippen molar-refractivity contribution in [2.75, 3.05) is 11.5 Å². The van der Waals surface area contributed by atoms with Gasteiger partial charge in [-0.05, 0) is 43.6 Å². The van der Waals surface area contributed by atoms with Crippen LogP contribution in [0.5, 0.6) is 0 Å². The van der Waals surface area contributed by atoms with E-state index in [0.717, 1.165) is 11.5 Å². The maximum Gasteiger partial charge on any atom is 0.0130 e. The molecule has 1 atom stereocenters. The van der Waals surface area contributed by atoms with Gasteiger partial charge >= 0.3 is 0 Å². The average Bonchev–Trinajstić information content (AvgIpc) is 3.04. The Morgan fingerprint density at radius 2 is 0.444 bits per heavy atom. The SMILES string of the molecule is CCCCCCCCCCCCCCCCCC(S)(CCCCCCCCCCS)CCCCCCCCCCCCCCS. The Bertz CT molecular complexity index is 524. The van der Waals surface area contributed by atoms with Gasteiger partial charge in [-0.1, -0.05) is 219 Å². The Balaban J connectivity index is 4.01. The highest BCUT2D eigenvalue weighted by molar-refractivity contribution is 7.81. The lowest BCUT2D eigenvalue weighted by Gasteiger charge is -2.29. The molecular formula is C42H86S3. The average molecular weight is 687 g/mol. The molecule has 0 nitrogen and oxygen atoms in total. The highest BCUT2D eigenvalue weighted by Gasteiger charge is 2.24. The van der Waals surface area contributed by atoms with Crippen molar-refractivity contribution < 1.29 is 0 Å². The van der Waals surface area contributed by atoms with Gasteiger partial charge in [0.1, 0.15) is 0 Å². The first-order chi connectivity index (χ1) is 22.2. The maximum absolute atomic E-state index is 5.42. The summed E-state index contributed by atoms with van der Waals surface area (Å²) >= 11 is 14.1. The van der Waals surface area contributed by atoms with Gasteiger partial charge in [0.15, 0.2) is 0 Å². The quantitative estimate of drug-likeness (QED) is 0.0415. The normalized spacial score (nSPS) is 13.1. The van der Waals surface area contributed by atoms with Crippen molar-refractivity contribution in [3.8, 4) is 0 Å². The zero-order valence-electron chi connectivity index (χ0n) is 31.1. The summed E-state index contributed by atoms with van der Waals surface area (Å²) in [6.07, 6.45) is 54.1. The molecule has 45 heavy (non-hydrogen) atoms. The fraction of sp³-hybridized carbons (Fsp3) is 1.00. The van der Waals surface area contributed by atoms with Gasteiger partial charge in [-0.25, -0.2) is 0 Å². The first-order valence-electron chi connectivity index (χ1n) is 21.1. The number of unbranched alkanes of at least 4 members (excludes halogenated alkanes) is 32. The third-order valence-corrected chi connectivity index (χ3v) is 11.6. The predicted octanol–water partition coefficient (Wildman–Crippen LogP) is 16.4. The Morgan fingerprint density at radius 3 is 0.644 bits per heavy atom. The van der Waals surface area contributed by atoms with Crippen LogP contribution in [0.3, 0.4) is 0 Å². The maximum atomic E-state index is 5.42. The van der Waals surface area contributed by atoms with Gasteiger partial charge in [0, 0.05) is 4.75 Å². The van der Waals surface area contributed by atoms with E-state index in [9.17, 15) is 0 Å². The second-order valence-corrected chi connectivity index (χ2v) is 16.8. The topological polar surface area (TPSA) is 0 Å². The standard InChI is InChI=1S/C42H86S3/c1-2-3-4-5-6-7-8-9-10-11-14-17-22-27-32-37-42(45,39-34-29-24-19-21-26-31-36-41-44)38-33-28-23-18-15-12-13-16-20-25-30-35-40-43/h43-45H,2-41H2,1H3. The zero-order chi connectivity index (χ0) is 32.8. The summed E-state index contributed by atoms with van der Waals surface area (Å²) in [5, 5.41) is 0. The first-order valence-corrected chi connectivity index (χ1v) is 22.8. The third-order valence-electron chi connectivity index (χ3n) is 10.3. The lowest BCUT2D eigenvalue weighted by molar-refractivity contribution is 0.404. The van der Waals surface area contributed by atoms with Gasteiger partial charge in [-0.3, -0.25) is 0 Å². The number of hydrogen-bond donors (Lipinski definition) is 3. The van der Waals surface area contributed by atoms with E-state index in [0.29, 0.717) is 4.75 Å². The summed E-state index contributed by atoms with van der Waals surface area (Å²) in [6, 6.07) is 0. The van der Waals surface area contributed by atoms with E-state index >= 15 is 0 Å². The Labute approximate surface area is 303 Å². The van der Waals surface area contributed by atoms with E-state index < -0.39 is 0 Å². The minimum atomic E-state index is 0.302. The van der Waals surface area contributed by atoms with E-state index in [4.69, 9.17) is 12.6 Å². The van der Waals surface area contributed by atoms with Gasteiger partial charge in [0.2, 0.25) is 0 Å². The molecule has 0 aromatic rings. The van der Waals surface area contributed by atoms with Crippen molar-refractivity contribution in [2.24, 2.45) is 0 Å². The molecule has 0 saturated heterocycles. The monoisotopic (exact) mass is 687 g/mol. The van der Waals surface area contributed by atoms with E-state index in [-0.39, 0.29) is 0 Å². The van der Waals surface area contributed by atoms with Crippen molar-refractivity contribution in [1.29, 1.82) is 0 Å². The summed E-state index contributed by atoms with van der Waals surface area (Å²) < 4.78 is 0.302. The van der Waals surface area contributed by atoms with Crippen LogP contribution in [-0.4, -0.2) is 16.3 Å². The summed E-state index contributed by atoms with van der Waals surface area (Å²) in [5.41, 5.74) is 0. The summed E-state index contributed by atoms with van der Waals surface area (Å²) in [6.45, 7) is 2.31. The van der Waals surface area contributed by atoms with Crippen molar-refractivity contribution in [1.82, 2.24) is 0 Å². The van der Waals surface area contributed by atoms with Gasteiger partial charge < -0.3 is 0 Å². The van der Waals surface area contributed by atoms with E-state index in [1.807, 2.05) is 0 Å². The van der Waals surface area contributed by atoms with Crippen LogP contribution < -0.4 is 0 Å². The fourth-order valence-electron chi connectivity index (χ4n) is 7.16. The van der Waals surface area contributed by atoms with Crippen molar-refractivity contribution >= 4 is 37.9 Å². The number of rotatable bonds is 40. The molecule has 0 fully saturated rings. The van der Waals surface area contributed by atoms with Gasteiger partial charge in [-0.15, -0.1) is 0 Å². The van der Waals surface area contributed by atoms with Gasteiger partial charge in [-0.2, -0.15) is 37.9 Å². The van der Waals surface area contributed by atoms with Crippen LogP contribution in [0.4, 0.5) is 0 Å². The molecule has 0 N–H and O–H groups in total. The molecule has 0 amide bonds. The molecule has 0 aliphatic heterocycles. The van der Waals surface area contributed by atoms with Crippen LogP contribution in [-0.2, 0) is 0 Å². The summed E-state index contributed by atoms with van der Waals surface area (Å²) in [4.78, 5) is 0. The molecule has 1 unspecified atom stereocenters. The van der Waals surface area contributed by atoms with Gasteiger partial charge in [0.05, 0.1) is 0 Å². The molecule has 3 heteroatoms. The Kier molecular flexibility index (Phi) is 40.4. The van der Waals surface area contributed by atoms with Crippen molar-refractivity contribution in [2.45, 2.75) is 256 Å². The Hall–Kier alpha value is 1.05. The molecule has 0 aromatic carbocycles. The van der Waals surface area contributed by atoms with E-state index in [1.165, 1.54) is 244 Å². The lowest BCUT2D eigenvalue weighted by atomic mass is 9.88. The molecule has 272 valence electrons. The number of hydrogen-bond acceptors (Lipinski definition) is 3. The smallest absolute Gasteiger partial charge is 0.0130 e. The molecule has 0 rings (SSSR count). The summed E-state index contributed by atoms with van der Waals surface area (Å²) in [7, 11) is 0. The van der Waals surface area contributed by atoms with Crippen LogP contribution in [0.25, 0.3) is 0 Å². The molecular weight excluding hydrogens is 601 g/mol. The molecule has 0 heterocycles. The molecule has 0 aromatic heterocycles. The van der Waals surface area contributed by atoms with Crippen LogP contribution >= 0.6 is 37.9 Å².